The van der Waals surface area contributed by atoms with Crippen molar-refractivity contribution in [3.63, 3.8) is 0 Å². The van der Waals surface area contributed by atoms with Crippen molar-refractivity contribution < 1.29 is 0 Å². The van der Waals surface area contributed by atoms with Gasteiger partial charge in [-0.05, 0) is 13.8 Å². The maximum Gasteiger partial charge on any atom is 0.253 e. The van der Waals surface area contributed by atoms with Crippen molar-refractivity contribution in [3.8, 4) is 0 Å². The normalized spacial score (nSPS) is 11.4. The molecule has 0 unspecified atom stereocenters. The monoisotopic (exact) mass is 248 g/mol. The zero-order chi connectivity index (χ0) is 13.7. The van der Waals surface area contributed by atoms with Crippen molar-refractivity contribution in [2.24, 2.45) is 9.98 Å². The number of hydrogen-bond acceptors (Lipinski definition) is 4. The summed E-state index contributed by atoms with van der Waals surface area (Å²) in [5.41, 5.74) is 1.86. The molecule has 18 heavy (non-hydrogen) atoms. The van der Waals surface area contributed by atoms with Gasteiger partial charge in [0, 0.05) is 39.4 Å². The average Bonchev–Trinajstić information content (AvgIpc) is 2.28. The third-order valence-corrected chi connectivity index (χ3v) is 2.17. The smallest absolute Gasteiger partial charge is 0.253 e. The molecular formula is C12H20N6. The predicted molar refractivity (Wildman–Crippen MR) is 75.2 cm³/mol. The SMILES string of the molecule is Cc1nc(/N=C/N(C)C)nc(N=CN(C)C)c1C. The summed E-state index contributed by atoms with van der Waals surface area (Å²) in [6, 6.07) is 0. The molecule has 1 aromatic heterocycles. The van der Waals surface area contributed by atoms with Gasteiger partial charge in [-0.15, -0.1) is 0 Å². The van der Waals surface area contributed by atoms with Crippen LogP contribution in [0.1, 0.15) is 11.3 Å². The molecule has 0 fully saturated rings. The zero-order valence-corrected chi connectivity index (χ0v) is 11.8. The lowest BCUT2D eigenvalue weighted by Gasteiger charge is -2.07. The Morgan fingerprint density at radius 1 is 0.889 bits per heavy atom. The van der Waals surface area contributed by atoms with Gasteiger partial charge in [-0.3, -0.25) is 0 Å². The average molecular weight is 248 g/mol. The quantitative estimate of drug-likeness (QED) is 0.599. The van der Waals surface area contributed by atoms with Crippen LogP contribution in [-0.2, 0) is 0 Å². The second kappa shape index (κ2) is 6.09. The van der Waals surface area contributed by atoms with Gasteiger partial charge >= 0.3 is 0 Å². The fourth-order valence-electron chi connectivity index (χ4n) is 1.12. The van der Waals surface area contributed by atoms with Crippen LogP contribution in [0, 0.1) is 13.8 Å². The molecule has 1 aromatic rings. The van der Waals surface area contributed by atoms with Crippen LogP contribution in [0.4, 0.5) is 11.8 Å². The Balaban J connectivity index is 3.10. The summed E-state index contributed by atoms with van der Waals surface area (Å²) in [6.07, 6.45) is 3.39. The lowest BCUT2D eigenvalue weighted by molar-refractivity contribution is 0.642. The molecule has 0 radical (unpaired) electrons. The van der Waals surface area contributed by atoms with Gasteiger partial charge in [0.2, 0.25) is 0 Å². The first-order valence-corrected chi connectivity index (χ1v) is 5.66. The van der Waals surface area contributed by atoms with E-state index in [0.29, 0.717) is 11.8 Å². The van der Waals surface area contributed by atoms with Crippen molar-refractivity contribution in [2.45, 2.75) is 13.8 Å². The van der Waals surface area contributed by atoms with E-state index in [4.69, 9.17) is 0 Å². The Morgan fingerprint density at radius 3 is 2.00 bits per heavy atom. The van der Waals surface area contributed by atoms with E-state index < -0.39 is 0 Å². The minimum atomic E-state index is 0.428. The maximum absolute atomic E-state index is 4.32. The van der Waals surface area contributed by atoms with Crippen LogP contribution in [0.3, 0.4) is 0 Å². The van der Waals surface area contributed by atoms with E-state index in [1.165, 1.54) is 0 Å². The molecule has 0 aliphatic rings. The van der Waals surface area contributed by atoms with Crippen LogP contribution in [0.25, 0.3) is 0 Å². The van der Waals surface area contributed by atoms with Gasteiger partial charge in [0.05, 0.1) is 12.7 Å². The largest absolute Gasteiger partial charge is 0.369 e. The Kier molecular flexibility index (Phi) is 4.76. The summed E-state index contributed by atoms with van der Waals surface area (Å²) in [7, 11) is 7.63. The second-order valence-corrected chi connectivity index (χ2v) is 4.47. The van der Waals surface area contributed by atoms with E-state index in [-0.39, 0.29) is 0 Å². The molecule has 0 atom stereocenters. The maximum atomic E-state index is 4.32. The minimum absolute atomic E-state index is 0.428. The van der Waals surface area contributed by atoms with E-state index in [2.05, 4.69) is 20.0 Å². The Morgan fingerprint density at radius 2 is 1.44 bits per heavy atom. The predicted octanol–water partition coefficient (Wildman–Crippen LogP) is 1.54. The van der Waals surface area contributed by atoms with Crippen LogP contribution >= 0.6 is 0 Å². The summed E-state index contributed by atoms with van der Waals surface area (Å²) < 4.78 is 0. The van der Waals surface area contributed by atoms with E-state index in [0.717, 1.165) is 11.3 Å². The van der Waals surface area contributed by atoms with Crippen molar-refractivity contribution in [1.29, 1.82) is 0 Å². The van der Waals surface area contributed by atoms with Gasteiger partial charge in [-0.2, -0.15) is 4.98 Å². The summed E-state index contributed by atoms with van der Waals surface area (Å²) in [5.74, 6) is 1.08. The fraction of sp³-hybridized carbons (Fsp3) is 0.500. The molecule has 1 heterocycles. The van der Waals surface area contributed by atoms with Gasteiger partial charge in [0.1, 0.15) is 0 Å². The number of nitrogens with zero attached hydrogens (tertiary/aromatic N) is 6. The van der Waals surface area contributed by atoms with Crippen molar-refractivity contribution in [3.05, 3.63) is 11.3 Å². The number of aliphatic imine (C=N–C) groups is 2. The molecule has 1 rings (SSSR count). The summed E-state index contributed by atoms with van der Waals surface area (Å²) in [6.45, 7) is 3.89. The molecule has 0 saturated heterocycles. The first-order chi connectivity index (χ1) is 8.40. The van der Waals surface area contributed by atoms with Crippen LogP contribution in [0.2, 0.25) is 0 Å². The van der Waals surface area contributed by atoms with E-state index >= 15 is 0 Å². The topological polar surface area (TPSA) is 57.0 Å². The molecule has 0 aliphatic heterocycles. The third kappa shape index (κ3) is 4.12. The Bertz CT molecular complexity index is 462. The van der Waals surface area contributed by atoms with E-state index in [9.17, 15) is 0 Å². The third-order valence-electron chi connectivity index (χ3n) is 2.17. The molecule has 98 valence electrons. The van der Waals surface area contributed by atoms with Gasteiger partial charge in [-0.25, -0.2) is 15.0 Å². The molecule has 0 aliphatic carbocycles. The summed E-state index contributed by atoms with van der Waals surface area (Å²) in [5, 5.41) is 0. The molecular weight excluding hydrogens is 228 g/mol. The van der Waals surface area contributed by atoms with Crippen molar-refractivity contribution in [1.82, 2.24) is 19.8 Å². The highest BCUT2D eigenvalue weighted by molar-refractivity contribution is 5.62. The van der Waals surface area contributed by atoms with Crippen molar-refractivity contribution in [2.75, 3.05) is 28.2 Å². The van der Waals surface area contributed by atoms with Gasteiger partial charge in [0.15, 0.2) is 5.82 Å². The van der Waals surface area contributed by atoms with Crippen LogP contribution < -0.4 is 0 Å². The van der Waals surface area contributed by atoms with Crippen LogP contribution in [0.15, 0.2) is 9.98 Å². The summed E-state index contributed by atoms with van der Waals surface area (Å²) >= 11 is 0. The zero-order valence-electron chi connectivity index (χ0n) is 11.8. The van der Waals surface area contributed by atoms with Crippen molar-refractivity contribution >= 4 is 24.4 Å². The number of aromatic nitrogens is 2. The summed E-state index contributed by atoms with van der Waals surface area (Å²) in [4.78, 5) is 20.8. The van der Waals surface area contributed by atoms with Gasteiger partial charge in [-0.1, -0.05) is 0 Å². The van der Waals surface area contributed by atoms with E-state index in [1.54, 1.807) is 12.7 Å². The van der Waals surface area contributed by atoms with Crippen LogP contribution in [0.5, 0.6) is 0 Å². The number of rotatable bonds is 4. The highest BCUT2D eigenvalue weighted by atomic mass is 15.2. The molecule has 0 saturated carbocycles. The van der Waals surface area contributed by atoms with Gasteiger partial charge < -0.3 is 9.80 Å². The highest BCUT2D eigenvalue weighted by Crippen LogP contribution is 2.20. The minimum Gasteiger partial charge on any atom is -0.369 e. The lowest BCUT2D eigenvalue weighted by Crippen LogP contribution is -2.08. The molecule has 0 aromatic carbocycles. The lowest BCUT2D eigenvalue weighted by atomic mass is 10.2. The molecule has 0 bridgehead atoms. The first-order valence-electron chi connectivity index (χ1n) is 5.66. The van der Waals surface area contributed by atoms with Gasteiger partial charge in [0.25, 0.3) is 5.95 Å². The standard InChI is InChI=1S/C12H20N6/c1-9-10(2)15-12(14-8-18(5)6)16-11(9)13-7-17(3)4/h7-8H,1-6H3/b13-7?,14-8+. The number of hydrogen-bond donors (Lipinski definition) is 0. The Hall–Kier alpha value is -1.98. The molecule has 0 N–H and O–H groups in total. The molecule has 6 heteroatoms. The van der Waals surface area contributed by atoms with Crippen LogP contribution in [-0.4, -0.2) is 60.6 Å². The second-order valence-electron chi connectivity index (χ2n) is 4.47. The molecule has 0 spiro atoms. The number of aryl methyl sites for hydroxylation is 1. The van der Waals surface area contributed by atoms with E-state index in [1.807, 2.05) is 51.8 Å². The highest BCUT2D eigenvalue weighted by Gasteiger charge is 2.05. The fourth-order valence-corrected chi connectivity index (χ4v) is 1.12. The molecule has 0 amide bonds. The first kappa shape index (κ1) is 14.1. The Labute approximate surface area is 108 Å². The molecule has 6 nitrogen and oxygen atoms in total.